The van der Waals surface area contributed by atoms with Gasteiger partial charge in [-0.3, -0.25) is 9.35 Å². The summed E-state index contributed by atoms with van der Waals surface area (Å²) in [4.78, 5) is 9.49. The molecule has 0 spiro atoms. The average Bonchev–Trinajstić information content (AvgIpc) is 1.31. The second kappa shape index (κ2) is 1.81. The van der Waals surface area contributed by atoms with Gasteiger partial charge < -0.3 is 0 Å². The van der Waals surface area contributed by atoms with Crippen LogP contribution in [0, 0.1) is 0 Å². The average molecular weight is 142 g/mol. The first-order valence-electron chi connectivity index (χ1n) is 1.15. The number of thiol groups is 1. The predicted molar refractivity (Wildman–Crippen MR) is 25.9 cm³/mol. The van der Waals surface area contributed by atoms with Crippen LogP contribution in [0.2, 0.25) is 0 Å². The van der Waals surface area contributed by atoms with E-state index in [9.17, 15) is 13.2 Å². The Morgan fingerprint density at radius 1 is 1.57 bits per heavy atom. The maximum Gasteiger partial charge on any atom is 0.339 e. The molecule has 0 bridgehead atoms. The van der Waals surface area contributed by atoms with Crippen molar-refractivity contribution in [1.82, 2.24) is 0 Å². The zero-order valence-electron chi connectivity index (χ0n) is 3.03. The van der Waals surface area contributed by atoms with Crippen LogP contribution >= 0.6 is 12.6 Å². The number of hydrogen-bond acceptors (Lipinski definition) is 3. The summed E-state index contributed by atoms with van der Waals surface area (Å²) in [5.74, 6) is 0. The molecule has 0 rings (SSSR count). The molecule has 0 unspecified atom stereocenters. The minimum absolute atomic E-state index is 1.53. The SMILES string of the molecule is O=C(S)S(=O)(=O)O. The lowest BCUT2D eigenvalue weighted by Crippen LogP contribution is -2.02. The van der Waals surface area contributed by atoms with Crippen molar-refractivity contribution in [3.05, 3.63) is 0 Å². The first-order valence-corrected chi connectivity index (χ1v) is 3.04. The maximum atomic E-state index is 9.49. The Bertz CT molecular complexity index is 164. The Kier molecular flexibility index (Phi) is 1.79. The molecule has 0 aromatic heterocycles. The van der Waals surface area contributed by atoms with Crippen molar-refractivity contribution in [2.24, 2.45) is 0 Å². The summed E-state index contributed by atoms with van der Waals surface area (Å²) < 4.78 is 25.0. The highest BCUT2D eigenvalue weighted by Crippen LogP contribution is 1.90. The molecule has 0 atom stereocenters. The van der Waals surface area contributed by atoms with Gasteiger partial charge in [-0.1, -0.05) is 12.6 Å². The molecule has 1 N–H and O–H groups in total. The highest BCUT2D eigenvalue weighted by molar-refractivity contribution is 8.24. The summed E-state index contributed by atoms with van der Waals surface area (Å²) in [5.41, 5.74) is 0. The molecule has 0 aliphatic carbocycles. The molecule has 42 valence electrons. The van der Waals surface area contributed by atoms with Gasteiger partial charge >= 0.3 is 14.6 Å². The van der Waals surface area contributed by atoms with Gasteiger partial charge in [0.15, 0.2) is 0 Å². The third kappa shape index (κ3) is 2.60. The fourth-order valence-electron chi connectivity index (χ4n) is 0. The minimum atomic E-state index is -4.52. The molecular weight excluding hydrogens is 140 g/mol. The van der Waals surface area contributed by atoms with Crippen molar-refractivity contribution >= 4 is 27.2 Å². The number of hydrogen-bond donors (Lipinski definition) is 2. The molecule has 0 aliphatic heterocycles. The van der Waals surface area contributed by atoms with Crippen molar-refractivity contribution in [2.45, 2.75) is 0 Å². The summed E-state index contributed by atoms with van der Waals surface area (Å²) in [6.45, 7) is 0. The van der Waals surface area contributed by atoms with Gasteiger partial charge in [0.05, 0.1) is 0 Å². The van der Waals surface area contributed by atoms with Gasteiger partial charge in [0.25, 0.3) is 0 Å². The first kappa shape index (κ1) is 6.93. The molecule has 0 aliphatic rings. The van der Waals surface area contributed by atoms with Gasteiger partial charge in [-0.2, -0.15) is 8.42 Å². The van der Waals surface area contributed by atoms with Crippen LogP contribution in [-0.2, 0) is 10.1 Å². The molecule has 4 nitrogen and oxygen atoms in total. The molecule has 0 amide bonds. The zero-order valence-corrected chi connectivity index (χ0v) is 4.74. The van der Waals surface area contributed by atoms with Gasteiger partial charge in [0, 0.05) is 0 Å². The van der Waals surface area contributed by atoms with E-state index in [4.69, 9.17) is 4.55 Å². The van der Waals surface area contributed by atoms with Gasteiger partial charge in [-0.15, -0.1) is 0 Å². The van der Waals surface area contributed by atoms with Crippen LogP contribution in [0.25, 0.3) is 0 Å². The van der Waals surface area contributed by atoms with Gasteiger partial charge in [0.2, 0.25) is 0 Å². The fourth-order valence-corrected chi connectivity index (χ4v) is 0. The lowest BCUT2D eigenvalue weighted by atomic mass is 11.8. The molecular formula is CH2O4S2. The van der Waals surface area contributed by atoms with E-state index in [-0.39, 0.29) is 0 Å². The Morgan fingerprint density at radius 3 is 1.71 bits per heavy atom. The molecule has 0 radical (unpaired) electrons. The third-order valence-corrected chi connectivity index (χ3v) is 1.35. The first-order chi connectivity index (χ1) is 2.94. The minimum Gasteiger partial charge on any atom is -0.279 e. The van der Waals surface area contributed by atoms with Crippen molar-refractivity contribution in [2.75, 3.05) is 0 Å². The van der Waals surface area contributed by atoms with Crippen molar-refractivity contribution in [3.8, 4) is 0 Å². The molecule has 0 aromatic rings. The summed E-state index contributed by atoms with van der Waals surface area (Å²) in [5, 5.41) is 0. The zero-order chi connectivity index (χ0) is 6.08. The van der Waals surface area contributed by atoms with E-state index in [0.29, 0.717) is 0 Å². The third-order valence-electron chi connectivity index (χ3n) is 0.221. The van der Waals surface area contributed by atoms with E-state index < -0.39 is 14.6 Å². The normalized spacial score (nSPS) is 11.1. The van der Waals surface area contributed by atoms with Crippen molar-refractivity contribution in [3.63, 3.8) is 0 Å². The van der Waals surface area contributed by atoms with E-state index in [0.717, 1.165) is 0 Å². The number of carbonyl (C=O) groups is 1. The van der Waals surface area contributed by atoms with Gasteiger partial charge in [-0.25, -0.2) is 0 Å². The van der Waals surface area contributed by atoms with Crippen LogP contribution in [0.5, 0.6) is 0 Å². The molecule has 0 fully saturated rings. The van der Waals surface area contributed by atoms with Crippen LogP contribution in [0.3, 0.4) is 0 Å². The Hall–Kier alpha value is -0.0700. The fraction of sp³-hybridized carbons (Fsp3) is 0. The summed E-state index contributed by atoms with van der Waals surface area (Å²) in [6.07, 6.45) is 0. The maximum absolute atomic E-state index is 9.49. The molecule has 0 heterocycles. The Balaban J connectivity index is 4.43. The quantitative estimate of drug-likeness (QED) is 0.366. The molecule has 0 saturated carbocycles. The Morgan fingerprint density at radius 2 is 1.71 bits per heavy atom. The Labute approximate surface area is 45.7 Å². The van der Waals surface area contributed by atoms with Crippen LogP contribution in [0.1, 0.15) is 0 Å². The smallest absolute Gasteiger partial charge is 0.279 e. The molecule has 7 heavy (non-hydrogen) atoms. The van der Waals surface area contributed by atoms with E-state index >= 15 is 0 Å². The van der Waals surface area contributed by atoms with E-state index in [1.165, 1.54) is 0 Å². The van der Waals surface area contributed by atoms with Crippen LogP contribution in [-0.4, -0.2) is 17.4 Å². The monoisotopic (exact) mass is 142 g/mol. The number of rotatable bonds is 0. The second-order valence-electron chi connectivity index (χ2n) is 0.741. The van der Waals surface area contributed by atoms with Gasteiger partial charge in [0.1, 0.15) is 0 Å². The topological polar surface area (TPSA) is 71.4 Å². The summed E-state index contributed by atoms with van der Waals surface area (Å²) in [6, 6.07) is 0. The lowest BCUT2D eigenvalue weighted by Gasteiger charge is -1.79. The van der Waals surface area contributed by atoms with E-state index in [1.807, 2.05) is 0 Å². The van der Waals surface area contributed by atoms with Crippen molar-refractivity contribution in [1.29, 1.82) is 0 Å². The summed E-state index contributed by atoms with van der Waals surface area (Å²) in [7, 11) is -4.52. The molecule has 0 saturated heterocycles. The van der Waals surface area contributed by atoms with Crippen molar-refractivity contribution < 1.29 is 17.8 Å². The van der Waals surface area contributed by atoms with Crippen LogP contribution < -0.4 is 0 Å². The van der Waals surface area contributed by atoms with Gasteiger partial charge in [-0.05, 0) is 0 Å². The highest BCUT2D eigenvalue weighted by Gasteiger charge is 2.10. The second-order valence-corrected chi connectivity index (χ2v) is 2.77. The standard InChI is InChI=1S/CH2O4S2/c2-1(6)7(3,4)5/h(H,2,6)(H,3,4,5). The lowest BCUT2D eigenvalue weighted by molar-refractivity contribution is 0.272. The predicted octanol–water partition coefficient (Wildman–Crippen LogP) is -0.0760. The van der Waals surface area contributed by atoms with Crippen LogP contribution in [0.4, 0.5) is 4.79 Å². The number of carbonyl (C=O) groups excluding carboxylic acids is 1. The highest BCUT2D eigenvalue weighted by atomic mass is 32.3. The molecule has 0 aromatic carbocycles. The van der Waals surface area contributed by atoms with Crippen LogP contribution in [0.15, 0.2) is 0 Å². The summed E-state index contributed by atoms with van der Waals surface area (Å²) >= 11 is 2.80. The van der Waals surface area contributed by atoms with E-state index in [1.54, 1.807) is 0 Å². The largest absolute Gasteiger partial charge is 0.339 e. The van der Waals surface area contributed by atoms with E-state index in [2.05, 4.69) is 12.6 Å². The molecule has 6 heteroatoms.